The maximum absolute atomic E-state index is 5.65. The number of ether oxygens (including phenoxy) is 1. The lowest BCUT2D eigenvalue weighted by atomic mass is 10.1. The van der Waals surface area contributed by atoms with Crippen molar-refractivity contribution in [3.8, 4) is 0 Å². The van der Waals surface area contributed by atoms with E-state index in [2.05, 4.69) is 10.2 Å². The van der Waals surface area contributed by atoms with Gasteiger partial charge in [-0.05, 0) is 45.3 Å². The molecule has 2 saturated heterocycles. The summed E-state index contributed by atoms with van der Waals surface area (Å²) in [5, 5.41) is 3.27. The maximum atomic E-state index is 5.65. The van der Waals surface area contributed by atoms with Gasteiger partial charge < -0.3 is 15.0 Å². The van der Waals surface area contributed by atoms with E-state index < -0.39 is 0 Å². The quantitative estimate of drug-likeness (QED) is 0.720. The van der Waals surface area contributed by atoms with Gasteiger partial charge >= 0.3 is 0 Å². The summed E-state index contributed by atoms with van der Waals surface area (Å²) in [6.45, 7) is 5.85. The van der Waals surface area contributed by atoms with Crippen molar-refractivity contribution in [1.82, 2.24) is 10.2 Å². The van der Waals surface area contributed by atoms with Crippen LogP contribution in [0.2, 0.25) is 0 Å². The van der Waals surface area contributed by atoms with Gasteiger partial charge in [0.25, 0.3) is 0 Å². The summed E-state index contributed by atoms with van der Waals surface area (Å²) in [7, 11) is 2.04. The average molecular weight is 198 g/mol. The number of likely N-dealkylation sites (tertiary alicyclic amines) is 1. The average Bonchev–Trinajstić information content (AvgIpc) is 2.79. The van der Waals surface area contributed by atoms with Crippen molar-refractivity contribution < 1.29 is 4.74 Å². The minimum absolute atomic E-state index is 0.531. The zero-order chi connectivity index (χ0) is 9.80. The van der Waals surface area contributed by atoms with Crippen molar-refractivity contribution >= 4 is 0 Å². The number of rotatable bonds is 4. The van der Waals surface area contributed by atoms with Gasteiger partial charge in [-0.1, -0.05) is 0 Å². The van der Waals surface area contributed by atoms with Gasteiger partial charge in [-0.15, -0.1) is 0 Å². The largest absolute Gasteiger partial charge is 0.377 e. The van der Waals surface area contributed by atoms with Crippen LogP contribution in [-0.4, -0.2) is 50.8 Å². The van der Waals surface area contributed by atoms with E-state index >= 15 is 0 Å². The Labute approximate surface area is 86.8 Å². The fraction of sp³-hybridized carbons (Fsp3) is 1.00. The zero-order valence-corrected chi connectivity index (χ0v) is 9.17. The Bertz CT molecular complexity index is 169. The third-order valence-corrected chi connectivity index (χ3v) is 3.35. The normalized spacial score (nSPS) is 34.1. The Morgan fingerprint density at radius 3 is 3.07 bits per heavy atom. The van der Waals surface area contributed by atoms with E-state index in [1.165, 1.54) is 45.4 Å². The van der Waals surface area contributed by atoms with Crippen molar-refractivity contribution in [3.63, 3.8) is 0 Å². The van der Waals surface area contributed by atoms with Crippen LogP contribution < -0.4 is 5.32 Å². The van der Waals surface area contributed by atoms with Gasteiger partial charge in [-0.3, -0.25) is 0 Å². The van der Waals surface area contributed by atoms with Crippen molar-refractivity contribution in [2.24, 2.45) is 5.92 Å². The minimum atomic E-state index is 0.531. The molecule has 2 aliphatic heterocycles. The van der Waals surface area contributed by atoms with Gasteiger partial charge in [0.15, 0.2) is 0 Å². The van der Waals surface area contributed by atoms with E-state index in [9.17, 15) is 0 Å². The molecule has 3 heteroatoms. The molecule has 2 aliphatic rings. The summed E-state index contributed by atoms with van der Waals surface area (Å²) in [4.78, 5) is 2.57. The van der Waals surface area contributed by atoms with Gasteiger partial charge in [-0.2, -0.15) is 0 Å². The smallest absolute Gasteiger partial charge is 0.0702 e. The standard InChI is InChI=1S/C11H22N2O/c1-12-7-10-4-5-13(8-10)9-11-3-2-6-14-11/h10-12H,2-9H2,1H3. The molecule has 0 aromatic heterocycles. The molecule has 1 N–H and O–H groups in total. The third kappa shape index (κ3) is 2.69. The molecule has 0 saturated carbocycles. The topological polar surface area (TPSA) is 24.5 Å². The molecule has 2 atom stereocenters. The van der Waals surface area contributed by atoms with Gasteiger partial charge in [0.05, 0.1) is 6.10 Å². The van der Waals surface area contributed by atoms with Crippen LogP contribution >= 0.6 is 0 Å². The Hall–Kier alpha value is -0.120. The van der Waals surface area contributed by atoms with Gasteiger partial charge in [0.2, 0.25) is 0 Å². The summed E-state index contributed by atoms with van der Waals surface area (Å²) >= 11 is 0. The molecule has 0 radical (unpaired) electrons. The third-order valence-electron chi connectivity index (χ3n) is 3.35. The molecule has 0 aliphatic carbocycles. The van der Waals surface area contributed by atoms with Crippen molar-refractivity contribution in [2.75, 3.05) is 39.8 Å². The minimum Gasteiger partial charge on any atom is -0.377 e. The second-order valence-electron chi connectivity index (χ2n) is 4.61. The van der Waals surface area contributed by atoms with Crippen LogP contribution in [0.4, 0.5) is 0 Å². The molecule has 0 spiro atoms. The molecule has 2 fully saturated rings. The summed E-state index contributed by atoms with van der Waals surface area (Å²) in [6, 6.07) is 0. The highest BCUT2D eigenvalue weighted by Crippen LogP contribution is 2.19. The number of hydrogen-bond acceptors (Lipinski definition) is 3. The highest BCUT2D eigenvalue weighted by molar-refractivity contribution is 4.79. The van der Waals surface area contributed by atoms with Gasteiger partial charge in [0.1, 0.15) is 0 Å². The van der Waals surface area contributed by atoms with Crippen molar-refractivity contribution in [1.29, 1.82) is 0 Å². The summed E-state index contributed by atoms with van der Waals surface area (Å²) in [6.07, 6.45) is 4.42. The monoisotopic (exact) mass is 198 g/mol. The Kier molecular flexibility index (Phi) is 3.79. The van der Waals surface area contributed by atoms with Gasteiger partial charge in [0, 0.05) is 19.7 Å². The first-order chi connectivity index (χ1) is 6.88. The SMILES string of the molecule is CNCC1CCN(CC2CCCO2)C1. The van der Waals surface area contributed by atoms with Crippen LogP contribution in [0.1, 0.15) is 19.3 Å². The molecule has 2 unspecified atom stereocenters. The molecule has 2 rings (SSSR count). The first-order valence-corrected chi connectivity index (χ1v) is 5.87. The lowest BCUT2D eigenvalue weighted by Crippen LogP contribution is -2.31. The number of nitrogens with one attached hydrogen (secondary N) is 1. The Balaban J connectivity index is 1.67. The van der Waals surface area contributed by atoms with E-state index in [1.54, 1.807) is 0 Å². The van der Waals surface area contributed by atoms with E-state index in [0.717, 1.165) is 12.5 Å². The molecule has 0 aromatic rings. The Morgan fingerprint density at radius 1 is 1.43 bits per heavy atom. The fourth-order valence-corrected chi connectivity index (χ4v) is 2.61. The molecule has 3 nitrogen and oxygen atoms in total. The summed E-state index contributed by atoms with van der Waals surface area (Å²) in [5.41, 5.74) is 0. The summed E-state index contributed by atoms with van der Waals surface area (Å²) < 4.78 is 5.65. The summed E-state index contributed by atoms with van der Waals surface area (Å²) in [5.74, 6) is 0.862. The van der Waals surface area contributed by atoms with Crippen LogP contribution in [0.5, 0.6) is 0 Å². The van der Waals surface area contributed by atoms with Crippen molar-refractivity contribution in [3.05, 3.63) is 0 Å². The highest BCUT2D eigenvalue weighted by atomic mass is 16.5. The molecule has 14 heavy (non-hydrogen) atoms. The fourth-order valence-electron chi connectivity index (χ4n) is 2.61. The lowest BCUT2D eigenvalue weighted by molar-refractivity contribution is 0.0796. The predicted octanol–water partition coefficient (Wildman–Crippen LogP) is 0.707. The number of nitrogens with zero attached hydrogens (tertiary/aromatic N) is 1. The van der Waals surface area contributed by atoms with Crippen LogP contribution in [-0.2, 0) is 4.74 Å². The molecule has 0 aromatic carbocycles. The van der Waals surface area contributed by atoms with Crippen LogP contribution in [0.15, 0.2) is 0 Å². The first kappa shape index (κ1) is 10.4. The molecule has 82 valence electrons. The maximum Gasteiger partial charge on any atom is 0.0702 e. The van der Waals surface area contributed by atoms with E-state index in [4.69, 9.17) is 4.74 Å². The van der Waals surface area contributed by atoms with Crippen molar-refractivity contribution in [2.45, 2.75) is 25.4 Å². The molecule has 2 heterocycles. The highest BCUT2D eigenvalue weighted by Gasteiger charge is 2.25. The second-order valence-corrected chi connectivity index (χ2v) is 4.61. The lowest BCUT2D eigenvalue weighted by Gasteiger charge is -2.19. The predicted molar refractivity (Wildman–Crippen MR) is 57.4 cm³/mol. The van der Waals surface area contributed by atoms with E-state index in [-0.39, 0.29) is 0 Å². The number of hydrogen-bond donors (Lipinski definition) is 1. The Morgan fingerprint density at radius 2 is 2.36 bits per heavy atom. The molecule has 0 bridgehead atoms. The van der Waals surface area contributed by atoms with Crippen LogP contribution in [0.25, 0.3) is 0 Å². The molecular formula is C11H22N2O. The molecular weight excluding hydrogens is 176 g/mol. The van der Waals surface area contributed by atoms with E-state index in [0.29, 0.717) is 6.10 Å². The van der Waals surface area contributed by atoms with Gasteiger partial charge in [-0.25, -0.2) is 0 Å². The zero-order valence-electron chi connectivity index (χ0n) is 9.17. The van der Waals surface area contributed by atoms with Crippen LogP contribution in [0.3, 0.4) is 0 Å². The van der Waals surface area contributed by atoms with E-state index in [1.807, 2.05) is 7.05 Å². The second kappa shape index (κ2) is 5.10. The first-order valence-electron chi connectivity index (χ1n) is 5.87. The van der Waals surface area contributed by atoms with Crippen LogP contribution in [0, 0.1) is 5.92 Å². The molecule has 0 amide bonds.